The first-order valence-electron chi connectivity index (χ1n) is 11.2. The van der Waals surface area contributed by atoms with Gasteiger partial charge in [0, 0.05) is 12.1 Å². The Morgan fingerprint density at radius 2 is 1.64 bits per heavy atom. The van der Waals surface area contributed by atoms with E-state index in [1.54, 1.807) is 23.1 Å². The minimum Gasteiger partial charge on any atom is -0.507 e. The van der Waals surface area contributed by atoms with E-state index in [0.29, 0.717) is 23.6 Å². The average Bonchev–Trinajstić information content (AvgIpc) is 3.06. The van der Waals surface area contributed by atoms with Crippen LogP contribution in [0.25, 0.3) is 5.76 Å². The Morgan fingerprint density at radius 3 is 2.18 bits per heavy atom. The maximum atomic E-state index is 13.1. The number of nitrogens with zero attached hydrogens (tertiary/aromatic N) is 1. The molecule has 1 atom stereocenters. The molecule has 0 aromatic heterocycles. The standard InChI is InChI=1S/C27H33NO5/c1-7-8-15-28-23(17-9-12-19(13-10-17)27(2,3)4)22(25(30)26(28)31)24(29)18-11-14-20(32-5)21(16-18)33-6/h9-14,16,23,29H,7-8,15H2,1-6H3/b24-22-. The van der Waals surface area contributed by atoms with Crippen molar-refractivity contribution in [3.8, 4) is 11.5 Å². The van der Waals surface area contributed by atoms with Crippen molar-refractivity contribution in [3.05, 3.63) is 64.7 Å². The summed E-state index contributed by atoms with van der Waals surface area (Å²) in [6, 6.07) is 12.2. The molecule has 3 rings (SSSR count). The Balaban J connectivity index is 2.16. The smallest absolute Gasteiger partial charge is 0.295 e. The number of carbonyl (C=O) groups excluding carboxylic acids is 2. The Labute approximate surface area is 195 Å². The summed E-state index contributed by atoms with van der Waals surface area (Å²) >= 11 is 0. The lowest BCUT2D eigenvalue weighted by Gasteiger charge is -2.26. The molecule has 2 aromatic rings. The second-order valence-electron chi connectivity index (χ2n) is 9.29. The molecule has 1 N–H and O–H groups in total. The number of hydrogen-bond acceptors (Lipinski definition) is 5. The van der Waals surface area contributed by atoms with E-state index in [4.69, 9.17) is 9.47 Å². The number of unbranched alkanes of at least 4 members (excludes halogenated alkanes) is 1. The lowest BCUT2D eigenvalue weighted by atomic mass is 9.85. The van der Waals surface area contributed by atoms with Gasteiger partial charge in [0.25, 0.3) is 11.7 Å². The quantitative estimate of drug-likeness (QED) is 0.355. The van der Waals surface area contributed by atoms with E-state index in [2.05, 4.69) is 20.8 Å². The summed E-state index contributed by atoms with van der Waals surface area (Å²) in [5.41, 5.74) is 2.39. The van der Waals surface area contributed by atoms with Crippen LogP contribution in [0.2, 0.25) is 0 Å². The lowest BCUT2D eigenvalue weighted by Crippen LogP contribution is -2.30. The van der Waals surface area contributed by atoms with Crippen molar-refractivity contribution in [1.29, 1.82) is 0 Å². The van der Waals surface area contributed by atoms with Gasteiger partial charge < -0.3 is 19.5 Å². The molecular formula is C27H33NO5. The van der Waals surface area contributed by atoms with Gasteiger partial charge in [0.15, 0.2) is 11.5 Å². The van der Waals surface area contributed by atoms with Crippen LogP contribution in [0.5, 0.6) is 11.5 Å². The van der Waals surface area contributed by atoms with Crippen molar-refractivity contribution < 1.29 is 24.2 Å². The van der Waals surface area contributed by atoms with Gasteiger partial charge in [0.2, 0.25) is 0 Å². The van der Waals surface area contributed by atoms with Gasteiger partial charge in [0.05, 0.1) is 25.8 Å². The number of ketones is 1. The average molecular weight is 452 g/mol. The molecule has 0 saturated carbocycles. The molecule has 1 unspecified atom stereocenters. The maximum Gasteiger partial charge on any atom is 0.295 e. The van der Waals surface area contributed by atoms with Crippen molar-refractivity contribution in [2.24, 2.45) is 0 Å². The minimum atomic E-state index is -0.678. The fourth-order valence-electron chi connectivity index (χ4n) is 4.09. The largest absolute Gasteiger partial charge is 0.507 e. The predicted octanol–water partition coefficient (Wildman–Crippen LogP) is 5.22. The second-order valence-corrected chi connectivity index (χ2v) is 9.29. The zero-order chi connectivity index (χ0) is 24.3. The zero-order valence-electron chi connectivity index (χ0n) is 20.3. The van der Waals surface area contributed by atoms with Crippen molar-refractivity contribution in [2.75, 3.05) is 20.8 Å². The number of benzene rings is 2. The number of amides is 1. The summed E-state index contributed by atoms with van der Waals surface area (Å²) in [5.74, 6) is -0.559. The molecule has 176 valence electrons. The number of carbonyl (C=O) groups is 2. The third-order valence-electron chi connectivity index (χ3n) is 6.04. The van der Waals surface area contributed by atoms with Gasteiger partial charge in [0.1, 0.15) is 5.76 Å². The van der Waals surface area contributed by atoms with Crippen LogP contribution in [0.15, 0.2) is 48.0 Å². The van der Waals surface area contributed by atoms with E-state index < -0.39 is 17.7 Å². The van der Waals surface area contributed by atoms with Crippen molar-refractivity contribution in [2.45, 2.75) is 52.0 Å². The number of aliphatic hydroxyl groups excluding tert-OH is 1. The van der Waals surface area contributed by atoms with Crippen LogP contribution < -0.4 is 9.47 Å². The first kappa shape index (κ1) is 24.4. The number of rotatable bonds is 7. The van der Waals surface area contributed by atoms with E-state index in [-0.39, 0.29) is 16.7 Å². The van der Waals surface area contributed by atoms with Gasteiger partial charge in [-0.25, -0.2) is 0 Å². The molecule has 1 aliphatic heterocycles. The summed E-state index contributed by atoms with van der Waals surface area (Å²) in [4.78, 5) is 27.7. The first-order valence-corrected chi connectivity index (χ1v) is 11.2. The van der Waals surface area contributed by atoms with Gasteiger partial charge in [-0.3, -0.25) is 9.59 Å². The van der Waals surface area contributed by atoms with Gasteiger partial charge in [-0.15, -0.1) is 0 Å². The molecule has 6 heteroatoms. The Kier molecular flexibility index (Phi) is 7.15. The third kappa shape index (κ3) is 4.75. The lowest BCUT2D eigenvalue weighted by molar-refractivity contribution is -0.139. The molecule has 0 spiro atoms. The molecule has 2 aromatic carbocycles. The Morgan fingerprint density at radius 1 is 1.00 bits per heavy atom. The van der Waals surface area contributed by atoms with Crippen LogP contribution in [0, 0.1) is 0 Å². The monoisotopic (exact) mass is 451 g/mol. The van der Waals surface area contributed by atoms with Crippen LogP contribution in [0.1, 0.15) is 63.3 Å². The molecule has 1 fully saturated rings. The first-order chi connectivity index (χ1) is 15.6. The van der Waals surface area contributed by atoms with E-state index in [1.807, 2.05) is 31.2 Å². The second kappa shape index (κ2) is 9.69. The summed E-state index contributed by atoms with van der Waals surface area (Å²) in [5, 5.41) is 11.2. The number of aliphatic hydroxyl groups is 1. The molecule has 1 aliphatic rings. The maximum absolute atomic E-state index is 13.1. The molecular weight excluding hydrogens is 418 g/mol. The molecule has 0 radical (unpaired) electrons. The van der Waals surface area contributed by atoms with Crippen LogP contribution in [-0.4, -0.2) is 42.5 Å². The number of Topliss-reactive ketones (excluding diaryl/α,β-unsaturated/α-hetero) is 1. The number of ether oxygens (including phenoxy) is 2. The van der Waals surface area contributed by atoms with Crippen molar-refractivity contribution >= 4 is 17.4 Å². The predicted molar refractivity (Wildman–Crippen MR) is 129 cm³/mol. The molecule has 6 nitrogen and oxygen atoms in total. The van der Waals surface area contributed by atoms with Crippen LogP contribution in [0.3, 0.4) is 0 Å². The number of hydrogen-bond donors (Lipinski definition) is 1. The van der Waals surface area contributed by atoms with Gasteiger partial charge >= 0.3 is 0 Å². The normalized spacial score (nSPS) is 18.0. The highest BCUT2D eigenvalue weighted by Crippen LogP contribution is 2.41. The Bertz CT molecular complexity index is 1060. The summed E-state index contributed by atoms with van der Waals surface area (Å²) in [7, 11) is 3.03. The molecule has 33 heavy (non-hydrogen) atoms. The summed E-state index contributed by atoms with van der Waals surface area (Å²) < 4.78 is 10.6. The summed E-state index contributed by atoms with van der Waals surface area (Å²) in [6.07, 6.45) is 1.65. The van der Waals surface area contributed by atoms with Crippen LogP contribution in [0.4, 0.5) is 0 Å². The fourth-order valence-corrected chi connectivity index (χ4v) is 4.09. The molecule has 0 bridgehead atoms. The highest BCUT2D eigenvalue weighted by atomic mass is 16.5. The van der Waals surface area contributed by atoms with E-state index >= 15 is 0 Å². The molecule has 0 aliphatic carbocycles. The minimum absolute atomic E-state index is 0.0256. The van der Waals surface area contributed by atoms with Gasteiger partial charge in [-0.2, -0.15) is 0 Å². The molecule has 1 amide bonds. The Hall–Kier alpha value is -3.28. The fraction of sp³-hybridized carbons (Fsp3) is 0.407. The van der Waals surface area contributed by atoms with E-state index in [1.165, 1.54) is 14.2 Å². The number of methoxy groups -OCH3 is 2. The topological polar surface area (TPSA) is 76.1 Å². The summed E-state index contributed by atoms with van der Waals surface area (Å²) in [6.45, 7) is 8.87. The zero-order valence-corrected chi connectivity index (χ0v) is 20.3. The third-order valence-corrected chi connectivity index (χ3v) is 6.04. The SMILES string of the molecule is CCCCN1C(=O)C(=O)/C(=C(\O)c2ccc(OC)c(OC)c2)C1c1ccc(C(C)(C)C)cc1. The van der Waals surface area contributed by atoms with Crippen LogP contribution in [-0.2, 0) is 15.0 Å². The van der Waals surface area contributed by atoms with Crippen LogP contribution >= 0.6 is 0 Å². The molecule has 1 heterocycles. The van der Waals surface area contributed by atoms with Gasteiger partial charge in [-0.05, 0) is 41.2 Å². The number of likely N-dealkylation sites (tertiary alicyclic amines) is 1. The van der Waals surface area contributed by atoms with E-state index in [0.717, 1.165) is 24.0 Å². The van der Waals surface area contributed by atoms with Gasteiger partial charge in [-0.1, -0.05) is 58.4 Å². The highest BCUT2D eigenvalue weighted by molar-refractivity contribution is 6.46. The van der Waals surface area contributed by atoms with E-state index in [9.17, 15) is 14.7 Å². The van der Waals surface area contributed by atoms with Crippen molar-refractivity contribution in [1.82, 2.24) is 4.90 Å². The highest BCUT2D eigenvalue weighted by Gasteiger charge is 2.45. The molecule has 1 saturated heterocycles. The van der Waals surface area contributed by atoms with Crippen molar-refractivity contribution in [3.63, 3.8) is 0 Å².